The molecule has 0 radical (unpaired) electrons. The van der Waals surface area contributed by atoms with Gasteiger partial charge in [0.1, 0.15) is 7.63 Å². The van der Waals surface area contributed by atoms with E-state index < -0.39 is 6.26 Å². The minimum atomic E-state index is -0.629. The van der Waals surface area contributed by atoms with Crippen LogP contribution in [0.25, 0.3) is 0 Å². The third-order valence-corrected chi connectivity index (χ3v) is 0.892. The summed E-state index contributed by atoms with van der Waals surface area (Å²) in [4.78, 5) is 10.3. The first-order valence-corrected chi connectivity index (χ1v) is 2.36. The first-order valence-electron chi connectivity index (χ1n) is 2.86. The summed E-state index contributed by atoms with van der Waals surface area (Å²) in [5.74, 6) is 0. The van der Waals surface area contributed by atoms with Gasteiger partial charge in [-0.1, -0.05) is 30.3 Å². The summed E-state index contributed by atoms with van der Waals surface area (Å²) in [5, 5.41) is 0. The molecule has 0 heterocycles. The van der Waals surface area contributed by atoms with Crippen LogP contribution in [0.1, 0.15) is 11.7 Å². The van der Waals surface area contributed by atoms with Gasteiger partial charge < -0.3 is 0 Å². The summed E-state index contributed by atoms with van der Waals surface area (Å²) in [7, 11) is 0. The molecular weight excluding hydrogens is 100 g/mol. The number of benzene rings is 1. The quantitative estimate of drug-likeness (QED) is 0.497. The standard InChI is InChI=1S/C7H6O/c8-6-7-4-2-1-3-5-7/h1-6H/i6D. The number of rotatable bonds is 1. The van der Waals surface area contributed by atoms with Gasteiger partial charge in [0.05, 0.1) is 0 Å². The predicted molar refractivity (Wildman–Crippen MR) is 31.8 cm³/mol. The fraction of sp³-hybridized carbons (Fsp3) is 0. The van der Waals surface area contributed by atoms with Gasteiger partial charge >= 0.3 is 0 Å². The van der Waals surface area contributed by atoms with Crippen molar-refractivity contribution in [2.24, 2.45) is 0 Å². The lowest BCUT2D eigenvalue weighted by Gasteiger charge is -1.81. The highest BCUT2D eigenvalue weighted by atomic mass is 16.1. The average Bonchev–Trinajstić information content (AvgIpc) is 1.90. The van der Waals surface area contributed by atoms with Crippen LogP contribution in [0.2, 0.25) is 0 Å². The van der Waals surface area contributed by atoms with Crippen LogP contribution >= 0.6 is 0 Å². The molecule has 1 heteroatoms. The van der Waals surface area contributed by atoms with Crippen LogP contribution in [0, 0.1) is 0 Å². The highest BCUT2D eigenvalue weighted by molar-refractivity contribution is 5.74. The summed E-state index contributed by atoms with van der Waals surface area (Å²) >= 11 is 0. The molecule has 0 aliphatic rings. The largest absolute Gasteiger partial charge is 0.298 e. The molecule has 1 aromatic rings. The van der Waals surface area contributed by atoms with E-state index in [1.54, 1.807) is 24.3 Å². The first-order chi connectivity index (χ1) is 4.30. The molecule has 1 aromatic carbocycles. The van der Waals surface area contributed by atoms with Gasteiger partial charge in [0.15, 0.2) is 0 Å². The van der Waals surface area contributed by atoms with E-state index in [0.29, 0.717) is 5.56 Å². The monoisotopic (exact) mass is 107 g/mol. The van der Waals surface area contributed by atoms with Gasteiger partial charge in [-0.2, -0.15) is 0 Å². The van der Waals surface area contributed by atoms with Gasteiger partial charge in [0, 0.05) is 5.56 Å². The summed E-state index contributed by atoms with van der Waals surface area (Å²) in [6.45, 7) is 0. The van der Waals surface area contributed by atoms with Gasteiger partial charge in [0.2, 0.25) is 0 Å². The lowest BCUT2D eigenvalue weighted by atomic mass is 10.2. The van der Waals surface area contributed by atoms with Gasteiger partial charge in [-0.05, 0) is 0 Å². The van der Waals surface area contributed by atoms with Crippen LogP contribution in [0.5, 0.6) is 0 Å². The maximum atomic E-state index is 10.3. The van der Waals surface area contributed by atoms with E-state index in [4.69, 9.17) is 1.37 Å². The second-order valence-electron chi connectivity index (χ2n) is 1.47. The second kappa shape index (κ2) is 2.26. The number of carbonyl (C=O) groups is 1. The van der Waals surface area contributed by atoms with E-state index in [-0.39, 0.29) is 0 Å². The van der Waals surface area contributed by atoms with Crippen LogP contribution < -0.4 is 0 Å². The van der Waals surface area contributed by atoms with E-state index in [9.17, 15) is 4.79 Å². The highest BCUT2D eigenvalue weighted by Crippen LogP contribution is 1.91. The van der Waals surface area contributed by atoms with Crippen molar-refractivity contribution in [1.82, 2.24) is 0 Å². The zero-order valence-corrected chi connectivity index (χ0v) is 4.29. The summed E-state index contributed by atoms with van der Waals surface area (Å²) in [6, 6.07) is 8.53. The maximum absolute atomic E-state index is 10.3. The van der Waals surface area contributed by atoms with E-state index >= 15 is 0 Å². The molecule has 0 N–H and O–H groups in total. The Kier molecular flexibility index (Phi) is 1.09. The van der Waals surface area contributed by atoms with Crippen LogP contribution in [-0.4, -0.2) is 6.26 Å². The Bertz CT molecular complexity index is 205. The zero-order chi connectivity index (χ0) is 6.69. The van der Waals surface area contributed by atoms with Crippen molar-refractivity contribution < 1.29 is 6.17 Å². The lowest BCUT2D eigenvalue weighted by Crippen LogP contribution is -1.73. The first kappa shape index (κ1) is 3.84. The van der Waals surface area contributed by atoms with Gasteiger partial charge in [-0.15, -0.1) is 0 Å². The SMILES string of the molecule is [2H]C(=O)c1ccccc1. The van der Waals surface area contributed by atoms with Crippen molar-refractivity contribution >= 4 is 6.26 Å². The molecule has 1 nitrogen and oxygen atoms in total. The van der Waals surface area contributed by atoms with Gasteiger partial charge in [0.25, 0.3) is 0 Å². The third-order valence-electron chi connectivity index (χ3n) is 0.892. The topological polar surface area (TPSA) is 17.1 Å². The van der Waals surface area contributed by atoms with Crippen LogP contribution in [0.15, 0.2) is 30.3 Å². The Morgan fingerprint density at radius 2 is 2.00 bits per heavy atom. The van der Waals surface area contributed by atoms with Crippen molar-refractivity contribution in [3.8, 4) is 0 Å². The molecular formula is C7H6O. The minimum Gasteiger partial charge on any atom is -0.298 e. The molecule has 1 rings (SSSR count). The smallest absolute Gasteiger partial charge is 0.150 e. The van der Waals surface area contributed by atoms with Crippen molar-refractivity contribution in [2.45, 2.75) is 0 Å². The molecule has 0 amide bonds. The Morgan fingerprint density at radius 1 is 1.38 bits per heavy atom. The van der Waals surface area contributed by atoms with E-state index in [1.807, 2.05) is 6.07 Å². The summed E-state index contributed by atoms with van der Waals surface area (Å²) in [6.07, 6.45) is -0.629. The molecule has 0 spiro atoms. The van der Waals surface area contributed by atoms with E-state index in [2.05, 4.69) is 0 Å². The van der Waals surface area contributed by atoms with Crippen molar-refractivity contribution in [3.63, 3.8) is 0 Å². The number of hydrogen-bond acceptors (Lipinski definition) is 1. The Balaban J connectivity index is 2.98. The Morgan fingerprint density at radius 3 is 2.38 bits per heavy atom. The number of aldehydes is 1. The molecule has 40 valence electrons. The van der Waals surface area contributed by atoms with Crippen LogP contribution in [-0.2, 0) is 0 Å². The molecule has 0 unspecified atom stereocenters. The van der Waals surface area contributed by atoms with Crippen molar-refractivity contribution in [3.05, 3.63) is 35.9 Å². The fourth-order valence-electron chi connectivity index (χ4n) is 0.506. The van der Waals surface area contributed by atoms with Crippen molar-refractivity contribution in [1.29, 1.82) is 0 Å². The Hall–Kier alpha value is -1.11. The van der Waals surface area contributed by atoms with E-state index in [1.165, 1.54) is 0 Å². The van der Waals surface area contributed by atoms with Crippen molar-refractivity contribution in [2.75, 3.05) is 0 Å². The van der Waals surface area contributed by atoms with Crippen LogP contribution in [0.3, 0.4) is 0 Å². The second-order valence-corrected chi connectivity index (χ2v) is 1.47. The summed E-state index contributed by atoms with van der Waals surface area (Å²) in [5.41, 5.74) is 0.442. The highest BCUT2D eigenvalue weighted by Gasteiger charge is 1.79. The molecule has 0 aliphatic carbocycles. The van der Waals surface area contributed by atoms with Gasteiger partial charge in [-0.25, -0.2) is 0 Å². The molecule has 0 atom stereocenters. The van der Waals surface area contributed by atoms with Crippen LogP contribution in [0.4, 0.5) is 0 Å². The molecule has 0 bridgehead atoms. The normalized spacial score (nSPS) is 10.2. The molecule has 8 heavy (non-hydrogen) atoms. The molecule has 0 saturated carbocycles. The van der Waals surface area contributed by atoms with E-state index in [0.717, 1.165) is 0 Å². The molecule has 0 aromatic heterocycles. The minimum absolute atomic E-state index is 0.442. The number of carbonyl (C=O) groups excluding carboxylic acids is 1. The fourth-order valence-corrected chi connectivity index (χ4v) is 0.506. The van der Waals surface area contributed by atoms with Gasteiger partial charge in [-0.3, -0.25) is 4.79 Å². The lowest BCUT2D eigenvalue weighted by molar-refractivity contribution is 0.112. The third kappa shape index (κ3) is 0.936. The summed E-state index contributed by atoms with van der Waals surface area (Å²) < 4.78 is 6.68. The Labute approximate surface area is 49.4 Å². The predicted octanol–water partition coefficient (Wildman–Crippen LogP) is 1.50. The molecule has 0 saturated heterocycles. The number of hydrogen-bond donors (Lipinski definition) is 0. The maximum Gasteiger partial charge on any atom is 0.150 e. The molecule has 0 aliphatic heterocycles. The zero-order valence-electron chi connectivity index (χ0n) is 5.29. The molecule has 0 fully saturated rings. The average molecular weight is 107 g/mol.